The van der Waals surface area contributed by atoms with Crippen LogP contribution in [0.25, 0.3) is 28.0 Å². The van der Waals surface area contributed by atoms with Crippen molar-refractivity contribution in [2.75, 3.05) is 6.79 Å². The highest BCUT2D eigenvalue weighted by Crippen LogP contribution is 2.37. The molecular formula is C16H10N4O3. The number of aromatic amines is 1. The summed E-state index contributed by atoms with van der Waals surface area (Å²) in [6, 6.07) is 12.9. The van der Waals surface area contributed by atoms with Crippen LogP contribution >= 0.6 is 0 Å². The molecule has 0 bridgehead atoms. The predicted molar refractivity (Wildman–Crippen MR) is 82.2 cm³/mol. The number of rotatable bonds is 1. The molecule has 0 atom stereocenters. The third-order valence-electron chi connectivity index (χ3n) is 3.88. The Morgan fingerprint density at radius 3 is 2.65 bits per heavy atom. The minimum absolute atomic E-state index is 0.188. The summed E-state index contributed by atoms with van der Waals surface area (Å²) in [7, 11) is 0. The molecule has 0 amide bonds. The summed E-state index contributed by atoms with van der Waals surface area (Å²) in [5.41, 5.74) is 2.00. The van der Waals surface area contributed by atoms with Crippen LogP contribution in [0, 0.1) is 0 Å². The molecule has 2 aromatic carbocycles. The molecule has 0 fully saturated rings. The quantitative estimate of drug-likeness (QED) is 0.581. The topological polar surface area (TPSA) is 82.0 Å². The van der Waals surface area contributed by atoms with Crippen LogP contribution in [0.4, 0.5) is 0 Å². The predicted octanol–water partition coefficient (Wildman–Crippen LogP) is 1.94. The van der Waals surface area contributed by atoms with E-state index in [2.05, 4.69) is 15.3 Å². The summed E-state index contributed by atoms with van der Waals surface area (Å²) in [5.74, 6) is 1.29. The van der Waals surface area contributed by atoms with Gasteiger partial charge in [0, 0.05) is 11.5 Å². The van der Waals surface area contributed by atoms with Gasteiger partial charge in [-0.15, -0.1) is 0 Å². The van der Waals surface area contributed by atoms with E-state index in [4.69, 9.17) is 9.47 Å². The van der Waals surface area contributed by atoms with Gasteiger partial charge >= 0.3 is 5.56 Å². The zero-order valence-electron chi connectivity index (χ0n) is 11.8. The van der Waals surface area contributed by atoms with E-state index in [-0.39, 0.29) is 12.4 Å². The van der Waals surface area contributed by atoms with Crippen molar-refractivity contribution in [3.05, 3.63) is 52.8 Å². The summed E-state index contributed by atoms with van der Waals surface area (Å²) in [4.78, 5) is 12.6. The number of H-pyrrole nitrogens is 1. The van der Waals surface area contributed by atoms with Crippen LogP contribution in [0.15, 0.2) is 47.3 Å². The van der Waals surface area contributed by atoms with E-state index in [9.17, 15) is 4.79 Å². The maximum Gasteiger partial charge on any atom is 0.301 e. The lowest BCUT2D eigenvalue weighted by atomic mass is 10.1. The summed E-state index contributed by atoms with van der Waals surface area (Å²) in [6.07, 6.45) is 0. The first-order valence-electron chi connectivity index (χ1n) is 7.07. The lowest BCUT2D eigenvalue weighted by Gasteiger charge is -2.03. The molecule has 0 saturated carbocycles. The monoisotopic (exact) mass is 306 g/mol. The first-order chi connectivity index (χ1) is 11.3. The Labute approximate surface area is 129 Å². The number of ether oxygens (including phenoxy) is 2. The molecule has 0 aromatic heterocycles. The Morgan fingerprint density at radius 1 is 1.04 bits per heavy atom. The zero-order valence-corrected chi connectivity index (χ0v) is 11.8. The molecule has 112 valence electrons. The van der Waals surface area contributed by atoms with Gasteiger partial charge in [-0.05, 0) is 18.2 Å². The molecule has 0 unspecified atom stereocenters. The highest BCUT2D eigenvalue weighted by molar-refractivity contribution is 5.94. The molecule has 7 nitrogen and oxygen atoms in total. The molecule has 2 aromatic rings. The van der Waals surface area contributed by atoms with Crippen LogP contribution in [0.1, 0.15) is 0 Å². The molecule has 3 aliphatic rings. The van der Waals surface area contributed by atoms with E-state index in [0.717, 1.165) is 10.9 Å². The first kappa shape index (κ1) is 12.2. The number of hydrogen-bond donors (Lipinski definition) is 1. The molecule has 7 heteroatoms. The Bertz CT molecular complexity index is 1070. The number of fused-ring (bicyclic) bond motifs is 4. The Hall–Kier alpha value is -3.35. The van der Waals surface area contributed by atoms with E-state index < -0.39 is 0 Å². The smallest absolute Gasteiger partial charge is 0.301 e. The average molecular weight is 306 g/mol. The van der Waals surface area contributed by atoms with E-state index in [1.165, 1.54) is 4.68 Å². The van der Waals surface area contributed by atoms with Crippen LogP contribution in [-0.2, 0) is 0 Å². The Morgan fingerprint density at radius 2 is 1.83 bits per heavy atom. The Balaban J connectivity index is 1.84. The van der Waals surface area contributed by atoms with Gasteiger partial charge in [-0.25, -0.2) is 0 Å². The zero-order chi connectivity index (χ0) is 15.4. The number of nitrogens with zero attached hydrogens (tertiary/aromatic N) is 3. The lowest BCUT2D eigenvalue weighted by molar-refractivity contribution is 0.174. The lowest BCUT2D eigenvalue weighted by Crippen LogP contribution is -2.15. The molecule has 5 rings (SSSR count). The fourth-order valence-corrected chi connectivity index (χ4v) is 2.77. The molecule has 23 heavy (non-hydrogen) atoms. The SMILES string of the molecule is O=c1c2n[nH]c3cc4c(cc3c-2nn1-c1ccccc1)OCO4. The maximum atomic E-state index is 12.6. The molecule has 1 N–H and O–H groups in total. The van der Waals surface area contributed by atoms with Crippen molar-refractivity contribution in [2.24, 2.45) is 0 Å². The molecule has 0 radical (unpaired) electrons. The van der Waals surface area contributed by atoms with Crippen LogP contribution in [0.5, 0.6) is 11.5 Å². The van der Waals surface area contributed by atoms with Crippen LogP contribution < -0.4 is 15.0 Å². The molecule has 3 aliphatic heterocycles. The molecular weight excluding hydrogens is 296 g/mol. The largest absolute Gasteiger partial charge is 0.454 e. The minimum Gasteiger partial charge on any atom is -0.454 e. The third-order valence-corrected chi connectivity index (χ3v) is 3.88. The second kappa shape index (κ2) is 4.33. The summed E-state index contributed by atoms with van der Waals surface area (Å²) < 4.78 is 12.1. The van der Waals surface area contributed by atoms with Gasteiger partial charge in [0.1, 0.15) is 5.69 Å². The highest BCUT2D eigenvalue weighted by Gasteiger charge is 2.23. The van der Waals surface area contributed by atoms with Crippen molar-refractivity contribution in [1.29, 1.82) is 0 Å². The average Bonchev–Trinajstić information content (AvgIpc) is 3.18. The standard InChI is InChI=1S/C16H10N4O3/c21-16-15-14(19-20(16)9-4-2-1-3-5-9)10-6-12-13(23-8-22-12)7-11(10)17-18-15/h1-7,17H,8H2. The van der Waals surface area contributed by atoms with E-state index >= 15 is 0 Å². The van der Waals surface area contributed by atoms with Crippen LogP contribution in [-0.4, -0.2) is 26.8 Å². The number of benzene rings is 2. The van der Waals surface area contributed by atoms with Gasteiger partial charge in [0.2, 0.25) is 6.79 Å². The summed E-state index contributed by atoms with van der Waals surface area (Å²) >= 11 is 0. The third kappa shape index (κ3) is 1.67. The fourth-order valence-electron chi connectivity index (χ4n) is 2.77. The number of aromatic nitrogens is 4. The molecule has 0 aliphatic carbocycles. The fraction of sp³-hybridized carbons (Fsp3) is 0.0625. The van der Waals surface area contributed by atoms with E-state index in [0.29, 0.717) is 28.6 Å². The normalized spacial score (nSPS) is 13.0. The number of para-hydroxylation sites is 1. The van der Waals surface area contributed by atoms with Crippen molar-refractivity contribution in [2.45, 2.75) is 0 Å². The van der Waals surface area contributed by atoms with Crippen molar-refractivity contribution in [3.63, 3.8) is 0 Å². The van der Waals surface area contributed by atoms with Crippen LogP contribution in [0.2, 0.25) is 0 Å². The van der Waals surface area contributed by atoms with Gasteiger partial charge in [0.15, 0.2) is 17.2 Å². The Kier molecular flexibility index (Phi) is 2.30. The van der Waals surface area contributed by atoms with Gasteiger partial charge < -0.3 is 9.47 Å². The molecule has 3 heterocycles. The van der Waals surface area contributed by atoms with Gasteiger partial charge in [-0.2, -0.15) is 14.9 Å². The molecule has 0 spiro atoms. The van der Waals surface area contributed by atoms with Gasteiger partial charge in [0.25, 0.3) is 0 Å². The van der Waals surface area contributed by atoms with Gasteiger partial charge in [0.05, 0.1) is 11.2 Å². The van der Waals surface area contributed by atoms with Crippen molar-refractivity contribution in [1.82, 2.24) is 20.0 Å². The molecule has 0 saturated heterocycles. The first-order valence-corrected chi connectivity index (χ1v) is 7.07. The second-order valence-electron chi connectivity index (χ2n) is 5.22. The summed E-state index contributed by atoms with van der Waals surface area (Å²) in [6.45, 7) is 0.188. The number of hydrogen-bond acceptors (Lipinski definition) is 5. The van der Waals surface area contributed by atoms with Gasteiger partial charge in [-0.1, -0.05) is 18.2 Å². The van der Waals surface area contributed by atoms with E-state index in [1.54, 1.807) is 6.07 Å². The minimum atomic E-state index is -0.262. The van der Waals surface area contributed by atoms with Gasteiger partial charge in [-0.3, -0.25) is 9.89 Å². The summed E-state index contributed by atoms with van der Waals surface area (Å²) in [5, 5.41) is 12.3. The second-order valence-corrected chi connectivity index (χ2v) is 5.22. The van der Waals surface area contributed by atoms with Crippen LogP contribution in [0.3, 0.4) is 0 Å². The van der Waals surface area contributed by atoms with Crippen molar-refractivity contribution in [3.8, 4) is 28.6 Å². The maximum absolute atomic E-state index is 12.6. The number of nitrogens with one attached hydrogen (secondary N) is 1. The van der Waals surface area contributed by atoms with Crippen molar-refractivity contribution >= 4 is 10.9 Å². The highest BCUT2D eigenvalue weighted by atomic mass is 16.7. The van der Waals surface area contributed by atoms with E-state index in [1.807, 2.05) is 36.4 Å². The van der Waals surface area contributed by atoms with Crippen molar-refractivity contribution < 1.29 is 9.47 Å².